The van der Waals surface area contributed by atoms with Crippen LogP contribution in [0.25, 0.3) is 11.1 Å². The van der Waals surface area contributed by atoms with Gasteiger partial charge in [-0.3, -0.25) is 0 Å². The maximum absolute atomic E-state index is 9.68. The Morgan fingerprint density at radius 3 is 2.23 bits per heavy atom. The van der Waals surface area contributed by atoms with Crippen LogP contribution in [0.2, 0.25) is 0 Å². The number of nitriles is 1. The number of rotatable bonds is 8. The fourth-order valence-electron chi connectivity index (χ4n) is 2.53. The molecule has 22 heavy (non-hydrogen) atoms. The van der Waals surface area contributed by atoms with Crippen molar-refractivity contribution in [2.45, 2.75) is 39.5 Å². The topological polar surface area (TPSA) is 27.0 Å². The fraction of sp³-hybridized carbons (Fsp3) is 0.421. The van der Waals surface area contributed by atoms with Crippen LogP contribution in [0.3, 0.4) is 0 Å². The lowest BCUT2D eigenvalue weighted by atomic mass is 10.0. The third-order valence-electron chi connectivity index (χ3n) is 3.82. The Bertz CT molecular complexity index is 602. The minimum atomic E-state index is 0.836. The number of anilines is 1. The Balaban J connectivity index is 2.33. The summed E-state index contributed by atoms with van der Waals surface area (Å²) in [6.07, 6.45) is 4.71. The Morgan fingerprint density at radius 2 is 1.68 bits per heavy atom. The zero-order chi connectivity index (χ0) is 15.8. The fourth-order valence-corrected chi connectivity index (χ4v) is 3.62. The Morgan fingerprint density at radius 1 is 1.05 bits per heavy atom. The van der Waals surface area contributed by atoms with Gasteiger partial charge in [0.1, 0.15) is 11.1 Å². The van der Waals surface area contributed by atoms with Crippen LogP contribution in [-0.4, -0.2) is 13.1 Å². The van der Waals surface area contributed by atoms with Gasteiger partial charge >= 0.3 is 0 Å². The molecule has 0 amide bonds. The maximum atomic E-state index is 9.68. The highest BCUT2D eigenvalue weighted by Gasteiger charge is 2.17. The third kappa shape index (κ3) is 3.90. The molecule has 0 saturated heterocycles. The largest absolute Gasteiger partial charge is 0.362 e. The molecule has 0 N–H and O–H groups in total. The van der Waals surface area contributed by atoms with Crippen molar-refractivity contribution in [3.05, 3.63) is 41.3 Å². The standard InChI is InChI=1S/C19H24N2S/c1-3-5-12-21(13-6-4-2)19-17(14-20)18(15-22-19)16-10-8-7-9-11-16/h7-11,15H,3-6,12-13H2,1-2H3. The van der Waals surface area contributed by atoms with E-state index >= 15 is 0 Å². The highest BCUT2D eigenvalue weighted by molar-refractivity contribution is 7.15. The molecule has 1 heterocycles. The molecule has 0 spiro atoms. The minimum absolute atomic E-state index is 0.836. The van der Waals surface area contributed by atoms with E-state index in [-0.39, 0.29) is 0 Å². The van der Waals surface area contributed by atoms with Crippen LogP contribution in [0, 0.1) is 11.3 Å². The third-order valence-corrected chi connectivity index (χ3v) is 4.86. The molecular formula is C19H24N2S. The summed E-state index contributed by atoms with van der Waals surface area (Å²) in [7, 11) is 0. The SMILES string of the molecule is CCCCN(CCCC)c1scc(-c2ccccc2)c1C#N. The molecule has 1 aromatic heterocycles. The number of unbranched alkanes of at least 4 members (excludes halogenated alkanes) is 2. The molecule has 0 fully saturated rings. The number of benzene rings is 1. The van der Waals surface area contributed by atoms with E-state index in [4.69, 9.17) is 0 Å². The van der Waals surface area contributed by atoms with E-state index in [1.807, 2.05) is 18.2 Å². The van der Waals surface area contributed by atoms with Crippen molar-refractivity contribution in [2.75, 3.05) is 18.0 Å². The van der Waals surface area contributed by atoms with Gasteiger partial charge in [0.2, 0.25) is 0 Å². The van der Waals surface area contributed by atoms with Crippen LogP contribution in [-0.2, 0) is 0 Å². The molecule has 0 bridgehead atoms. The molecule has 2 rings (SSSR count). The first-order valence-corrected chi connectivity index (χ1v) is 9.01. The van der Waals surface area contributed by atoms with Crippen LogP contribution in [0.4, 0.5) is 5.00 Å². The molecule has 0 saturated carbocycles. The second-order valence-electron chi connectivity index (χ2n) is 5.50. The monoisotopic (exact) mass is 312 g/mol. The van der Waals surface area contributed by atoms with Gasteiger partial charge in [-0.1, -0.05) is 57.0 Å². The van der Waals surface area contributed by atoms with Crippen molar-refractivity contribution in [2.24, 2.45) is 0 Å². The van der Waals surface area contributed by atoms with E-state index in [1.54, 1.807) is 11.3 Å². The molecule has 0 unspecified atom stereocenters. The van der Waals surface area contributed by atoms with Gasteiger partial charge in [-0.15, -0.1) is 11.3 Å². The van der Waals surface area contributed by atoms with Gasteiger partial charge in [-0.2, -0.15) is 5.26 Å². The first-order chi connectivity index (χ1) is 10.8. The van der Waals surface area contributed by atoms with Crippen molar-refractivity contribution < 1.29 is 0 Å². The average Bonchev–Trinajstić information content (AvgIpc) is 2.99. The molecule has 1 aromatic carbocycles. The molecule has 0 atom stereocenters. The van der Waals surface area contributed by atoms with Gasteiger partial charge in [0.25, 0.3) is 0 Å². The predicted octanol–water partition coefficient (Wildman–Crippen LogP) is 5.69. The van der Waals surface area contributed by atoms with Crippen LogP contribution in [0.5, 0.6) is 0 Å². The smallest absolute Gasteiger partial charge is 0.110 e. The highest BCUT2D eigenvalue weighted by atomic mass is 32.1. The lowest BCUT2D eigenvalue weighted by Gasteiger charge is -2.23. The first-order valence-electron chi connectivity index (χ1n) is 8.13. The van der Waals surface area contributed by atoms with Crippen molar-refractivity contribution in [1.82, 2.24) is 0 Å². The summed E-state index contributed by atoms with van der Waals surface area (Å²) < 4.78 is 0. The summed E-state index contributed by atoms with van der Waals surface area (Å²) in [6, 6.07) is 12.7. The van der Waals surface area contributed by atoms with Crippen molar-refractivity contribution in [3.63, 3.8) is 0 Å². The molecule has 0 radical (unpaired) electrons. The van der Waals surface area contributed by atoms with E-state index in [0.717, 1.165) is 34.8 Å². The Kier molecular flexibility index (Phi) is 6.48. The first kappa shape index (κ1) is 16.6. The van der Waals surface area contributed by atoms with Crippen molar-refractivity contribution in [1.29, 1.82) is 5.26 Å². The van der Waals surface area contributed by atoms with E-state index in [9.17, 15) is 5.26 Å². The number of hydrogen-bond acceptors (Lipinski definition) is 3. The van der Waals surface area contributed by atoms with E-state index in [2.05, 4.69) is 42.3 Å². The second-order valence-corrected chi connectivity index (χ2v) is 6.36. The van der Waals surface area contributed by atoms with Crippen LogP contribution < -0.4 is 4.90 Å². The van der Waals surface area contributed by atoms with Crippen molar-refractivity contribution >= 4 is 16.3 Å². The quantitative estimate of drug-likeness (QED) is 0.625. The molecular weight excluding hydrogens is 288 g/mol. The summed E-state index contributed by atoms with van der Waals surface area (Å²) in [5.41, 5.74) is 3.04. The van der Waals surface area contributed by atoms with E-state index in [1.165, 1.54) is 25.7 Å². The Labute approximate surface area is 138 Å². The molecule has 2 aromatic rings. The number of thiophene rings is 1. The lowest BCUT2D eigenvalue weighted by molar-refractivity contribution is 0.681. The van der Waals surface area contributed by atoms with Crippen LogP contribution >= 0.6 is 11.3 Å². The molecule has 0 aliphatic carbocycles. The Hall–Kier alpha value is -1.79. The maximum Gasteiger partial charge on any atom is 0.110 e. The summed E-state index contributed by atoms with van der Waals surface area (Å²) in [6.45, 7) is 6.51. The lowest BCUT2D eigenvalue weighted by Crippen LogP contribution is -2.25. The van der Waals surface area contributed by atoms with Gasteiger partial charge in [-0.25, -0.2) is 0 Å². The van der Waals surface area contributed by atoms with Crippen LogP contribution in [0.15, 0.2) is 35.7 Å². The van der Waals surface area contributed by atoms with E-state index < -0.39 is 0 Å². The summed E-state index contributed by atoms with van der Waals surface area (Å²) >= 11 is 1.71. The highest BCUT2D eigenvalue weighted by Crippen LogP contribution is 2.37. The minimum Gasteiger partial charge on any atom is -0.362 e. The second kappa shape index (κ2) is 8.60. The van der Waals surface area contributed by atoms with Crippen molar-refractivity contribution in [3.8, 4) is 17.2 Å². The van der Waals surface area contributed by atoms with Crippen LogP contribution in [0.1, 0.15) is 45.1 Å². The molecule has 0 aliphatic heterocycles. The van der Waals surface area contributed by atoms with Gasteiger partial charge in [0.05, 0.1) is 5.56 Å². The normalized spacial score (nSPS) is 10.4. The van der Waals surface area contributed by atoms with Gasteiger partial charge in [0, 0.05) is 24.0 Å². The molecule has 3 heteroatoms. The zero-order valence-corrected chi connectivity index (χ0v) is 14.3. The summed E-state index contributed by atoms with van der Waals surface area (Å²) in [5, 5.41) is 13.0. The van der Waals surface area contributed by atoms with Gasteiger partial charge in [0.15, 0.2) is 0 Å². The number of nitrogens with zero attached hydrogens (tertiary/aromatic N) is 2. The summed E-state index contributed by atoms with van der Waals surface area (Å²) in [5.74, 6) is 0. The van der Waals surface area contributed by atoms with Gasteiger partial charge < -0.3 is 4.90 Å². The number of hydrogen-bond donors (Lipinski definition) is 0. The predicted molar refractivity (Wildman–Crippen MR) is 96.5 cm³/mol. The zero-order valence-electron chi connectivity index (χ0n) is 13.5. The average molecular weight is 312 g/mol. The molecule has 116 valence electrons. The molecule has 2 nitrogen and oxygen atoms in total. The summed E-state index contributed by atoms with van der Waals surface area (Å²) in [4.78, 5) is 2.41. The van der Waals surface area contributed by atoms with Gasteiger partial charge in [-0.05, 0) is 18.4 Å². The molecule has 0 aliphatic rings. The van der Waals surface area contributed by atoms with E-state index in [0.29, 0.717) is 0 Å².